The van der Waals surface area contributed by atoms with Crippen LogP contribution >= 0.6 is 0 Å². The number of hydrogen-bond acceptors (Lipinski definition) is 5. The second-order valence-corrected chi connectivity index (χ2v) is 6.50. The molecule has 1 saturated heterocycles. The number of carbonyl (C=O) groups excluding carboxylic acids is 1. The average molecular weight is 302 g/mol. The maximum atomic E-state index is 12.0. The number of amides is 1. The molecular weight excluding hydrogens is 280 g/mol. The standard InChI is InChI=1S/C16H22N4O2/c1-11-12(9-17)5-6-14(18-11)19-13-7-8-20(10-13)15(21)22-16(2,3)4/h5-6,13H,7-8,10H2,1-4H3,(H,18,19)/t13-/m0/s1. The molecule has 118 valence electrons. The molecule has 1 amide bonds. The van der Waals surface area contributed by atoms with Crippen LogP contribution in [0.3, 0.4) is 0 Å². The fourth-order valence-corrected chi connectivity index (χ4v) is 2.34. The summed E-state index contributed by atoms with van der Waals surface area (Å²) in [6.07, 6.45) is 0.570. The molecule has 0 saturated carbocycles. The molecule has 1 aliphatic heterocycles. The van der Waals surface area contributed by atoms with Gasteiger partial charge < -0.3 is 15.0 Å². The summed E-state index contributed by atoms with van der Waals surface area (Å²) in [5.41, 5.74) is 0.802. The number of rotatable bonds is 2. The number of pyridine rings is 1. The quantitative estimate of drug-likeness (QED) is 0.908. The van der Waals surface area contributed by atoms with Crippen molar-refractivity contribution in [3.8, 4) is 6.07 Å². The smallest absolute Gasteiger partial charge is 0.410 e. The van der Waals surface area contributed by atoms with E-state index >= 15 is 0 Å². The highest BCUT2D eigenvalue weighted by Crippen LogP contribution is 2.18. The van der Waals surface area contributed by atoms with Crippen LogP contribution in [0.25, 0.3) is 0 Å². The van der Waals surface area contributed by atoms with Gasteiger partial charge in [-0.1, -0.05) is 0 Å². The van der Waals surface area contributed by atoms with Gasteiger partial charge in [0, 0.05) is 19.1 Å². The highest BCUT2D eigenvalue weighted by Gasteiger charge is 2.29. The van der Waals surface area contributed by atoms with Gasteiger partial charge in [-0.3, -0.25) is 0 Å². The molecule has 2 heterocycles. The van der Waals surface area contributed by atoms with Crippen LogP contribution in [-0.4, -0.2) is 40.7 Å². The Labute approximate surface area is 131 Å². The number of aromatic nitrogens is 1. The van der Waals surface area contributed by atoms with Crippen LogP contribution in [-0.2, 0) is 4.74 Å². The van der Waals surface area contributed by atoms with Gasteiger partial charge in [-0.15, -0.1) is 0 Å². The number of anilines is 1. The van der Waals surface area contributed by atoms with E-state index in [0.29, 0.717) is 24.3 Å². The number of nitrogens with zero attached hydrogens (tertiary/aromatic N) is 3. The maximum Gasteiger partial charge on any atom is 0.410 e. The summed E-state index contributed by atoms with van der Waals surface area (Å²) >= 11 is 0. The number of likely N-dealkylation sites (tertiary alicyclic amines) is 1. The summed E-state index contributed by atoms with van der Waals surface area (Å²) in [5, 5.41) is 12.2. The van der Waals surface area contributed by atoms with Gasteiger partial charge in [0.15, 0.2) is 0 Å². The zero-order chi connectivity index (χ0) is 16.3. The number of hydrogen-bond donors (Lipinski definition) is 1. The van der Waals surface area contributed by atoms with E-state index in [2.05, 4.69) is 16.4 Å². The monoisotopic (exact) mass is 302 g/mol. The fraction of sp³-hybridized carbons (Fsp3) is 0.562. The minimum Gasteiger partial charge on any atom is -0.444 e. The van der Waals surface area contributed by atoms with Gasteiger partial charge in [0.1, 0.15) is 17.5 Å². The molecular formula is C16H22N4O2. The van der Waals surface area contributed by atoms with Crippen LogP contribution in [0.15, 0.2) is 12.1 Å². The first kappa shape index (κ1) is 16.1. The highest BCUT2D eigenvalue weighted by atomic mass is 16.6. The summed E-state index contributed by atoms with van der Waals surface area (Å²) in [6.45, 7) is 8.66. The van der Waals surface area contributed by atoms with Gasteiger partial charge in [-0.25, -0.2) is 9.78 Å². The lowest BCUT2D eigenvalue weighted by Gasteiger charge is -2.24. The molecule has 0 aromatic carbocycles. The number of aryl methyl sites for hydroxylation is 1. The van der Waals surface area contributed by atoms with E-state index in [4.69, 9.17) is 10.00 Å². The maximum absolute atomic E-state index is 12.0. The zero-order valence-electron chi connectivity index (χ0n) is 13.5. The second kappa shape index (κ2) is 6.22. The van der Waals surface area contributed by atoms with E-state index in [9.17, 15) is 4.79 Å². The summed E-state index contributed by atoms with van der Waals surface area (Å²) in [7, 11) is 0. The SMILES string of the molecule is Cc1nc(N[C@H]2CCN(C(=O)OC(C)(C)C)C2)ccc1C#N. The normalized spacial score (nSPS) is 18.0. The number of nitriles is 1. The molecule has 1 N–H and O–H groups in total. The predicted molar refractivity (Wildman–Crippen MR) is 83.5 cm³/mol. The number of carbonyl (C=O) groups is 1. The first-order chi connectivity index (χ1) is 10.3. The Morgan fingerprint density at radius 1 is 1.50 bits per heavy atom. The fourth-order valence-electron chi connectivity index (χ4n) is 2.34. The lowest BCUT2D eigenvalue weighted by atomic mass is 10.2. The van der Waals surface area contributed by atoms with Gasteiger partial charge >= 0.3 is 6.09 Å². The Balaban J connectivity index is 1.93. The molecule has 1 fully saturated rings. The largest absolute Gasteiger partial charge is 0.444 e. The molecule has 0 spiro atoms. The molecule has 1 aromatic heterocycles. The molecule has 1 aromatic rings. The molecule has 0 bridgehead atoms. The molecule has 2 rings (SSSR count). The molecule has 0 aliphatic carbocycles. The molecule has 0 unspecified atom stereocenters. The van der Waals surface area contributed by atoms with Crippen molar-refractivity contribution in [1.82, 2.24) is 9.88 Å². The molecule has 6 nitrogen and oxygen atoms in total. The van der Waals surface area contributed by atoms with Gasteiger partial charge in [0.2, 0.25) is 0 Å². The predicted octanol–water partition coefficient (Wildman–Crippen LogP) is 2.68. The van der Waals surface area contributed by atoms with E-state index in [0.717, 1.165) is 12.2 Å². The molecule has 1 aliphatic rings. The molecule has 22 heavy (non-hydrogen) atoms. The zero-order valence-corrected chi connectivity index (χ0v) is 13.5. The van der Waals surface area contributed by atoms with Crippen molar-refractivity contribution in [2.24, 2.45) is 0 Å². The molecule has 0 radical (unpaired) electrons. The Kier molecular flexibility index (Phi) is 4.55. The van der Waals surface area contributed by atoms with Gasteiger partial charge in [0.25, 0.3) is 0 Å². The second-order valence-electron chi connectivity index (χ2n) is 6.50. The topological polar surface area (TPSA) is 78.2 Å². The Morgan fingerprint density at radius 3 is 2.82 bits per heavy atom. The minimum absolute atomic E-state index is 0.146. The van der Waals surface area contributed by atoms with E-state index in [-0.39, 0.29) is 12.1 Å². The van der Waals surface area contributed by atoms with E-state index < -0.39 is 5.60 Å². The van der Waals surface area contributed by atoms with Crippen LogP contribution in [0.5, 0.6) is 0 Å². The summed E-state index contributed by atoms with van der Waals surface area (Å²) < 4.78 is 5.38. The average Bonchev–Trinajstić information content (AvgIpc) is 2.85. The van der Waals surface area contributed by atoms with Crippen LogP contribution in [0, 0.1) is 18.3 Å². The Hall–Kier alpha value is -2.29. The van der Waals surface area contributed by atoms with Crippen molar-refractivity contribution < 1.29 is 9.53 Å². The molecule has 1 atom stereocenters. The van der Waals surface area contributed by atoms with Crippen molar-refractivity contribution >= 4 is 11.9 Å². The summed E-state index contributed by atoms with van der Waals surface area (Å²) in [4.78, 5) is 18.1. The summed E-state index contributed by atoms with van der Waals surface area (Å²) in [5.74, 6) is 0.729. The van der Waals surface area contributed by atoms with Crippen molar-refractivity contribution in [2.45, 2.75) is 45.8 Å². The number of ether oxygens (including phenoxy) is 1. The van der Waals surface area contributed by atoms with E-state index in [1.165, 1.54) is 0 Å². The first-order valence-electron chi connectivity index (χ1n) is 7.41. The van der Waals surface area contributed by atoms with Gasteiger partial charge in [-0.05, 0) is 46.2 Å². The van der Waals surface area contributed by atoms with Gasteiger partial charge in [-0.2, -0.15) is 5.26 Å². The van der Waals surface area contributed by atoms with E-state index in [1.807, 2.05) is 27.7 Å². The van der Waals surface area contributed by atoms with Crippen LogP contribution in [0.4, 0.5) is 10.6 Å². The third-order valence-corrected chi connectivity index (χ3v) is 3.40. The Bertz CT molecular complexity index is 601. The van der Waals surface area contributed by atoms with E-state index in [1.54, 1.807) is 17.0 Å². The third-order valence-electron chi connectivity index (χ3n) is 3.40. The van der Waals surface area contributed by atoms with Crippen molar-refractivity contribution in [1.29, 1.82) is 5.26 Å². The van der Waals surface area contributed by atoms with Crippen LogP contribution in [0.1, 0.15) is 38.4 Å². The number of nitrogens with one attached hydrogen (secondary N) is 1. The lowest BCUT2D eigenvalue weighted by Crippen LogP contribution is -2.36. The molecule has 6 heteroatoms. The van der Waals surface area contributed by atoms with Crippen molar-refractivity contribution in [3.05, 3.63) is 23.4 Å². The van der Waals surface area contributed by atoms with Crippen LogP contribution in [0.2, 0.25) is 0 Å². The van der Waals surface area contributed by atoms with Gasteiger partial charge in [0.05, 0.1) is 11.3 Å². The first-order valence-corrected chi connectivity index (χ1v) is 7.41. The minimum atomic E-state index is -0.478. The summed E-state index contributed by atoms with van der Waals surface area (Å²) in [6, 6.07) is 5.79. The highest BCUT2D eigenvalue weighted by molar-refractivity contribution is 5.68. The van der Waals surface area contributed by atoms with Crippen LogP contribution < -0.4 is 5.32 Å². The van der Waals surface area contributed by atoms with Crippen molar-refractivity contribution in [3.63, 3.8) is 0 Å². The lowest BCUT2D eigenvalue weighted by molar-refractivity contribution is 0.0293. The Morgan fingerprint density at radius 2 is 2.23 bits per heavy atom. The third kappa shape index (κ3) is 4.10. The van der Waals surface area contributed by atoms with Crippen molar-refractivity contribution in [2.75, 3.05) is 18.4 Å².